The van der Waals surface area contributed by atoms with Crippen molar-refractivity contribution in [3.63, 3.8) is 0 Å². The fourth-order valence-electron chi connectivity index (χ4n) is 3.64. The van der Waals surface area contributed by atoms with Crippen molar-refractivity contribution in [2.75, 3.05) is 24.6 Å². The van der Waals surface area contributed by atoms with Gasteiger partial charge in [-0.05, 0) is 25.5 Å². The van der Waals surface area contributed by atoms with Crippen LogP contribution in [0.2, 0.25) is 0 Å². The van der Waals surface area contributed by atoms with Crippen LogP contribution in [0.1, 0.15) is 23.7 Å². The summed E-state index contributed by atoms with van der Waals surface area (Å²) in [6, 6.07) is 4.61. The second-order valence-corrected chi connectivity index (χ2v) is 7.43. The molecule has 3 aromatic rings. The molecule has 1 N–H and O–H groups in total. The maximum atomic E-state index is 12.4. The zero-order chi connectivity index (χ0) is 17.7. The maximum absolute atomic E-state index is 12.4. The molecule has 3 aromatic heterocycles. The summed E-state index contributed by atoms with van der Waals surface area (Å²) < 4.78 is 6.91. The van der Waals surface area contributed by atoms with E-state index >= 15 is 0 Å². The number of fused-ring (bicyclic) bond motifs is 3. The predicted octanol–water partition coefficient (Wildman–Crippen LogP) is 1.58. The van der Waals surface area contributed by atoms with Gasteiger partial charge in [-0.15, -0.1) is 16.4 Å². The Bertz CT molecular complexity index is 953. The molecule has 26 heavy (non-hydrogen) atoms. The number of aromatic nitrogens is 4. The molecule has 0 spiro atoms. The molecule has 0 aliphatic carbocycles. The summed E-state index contributed by atoms with van der Waals surface area (Å²) in [5.74, 6) is 0.265. The van der Waals surface area contributed by atoms with E-state index in [1.807, 2.05) is 11.4 Å². The zero-order valence-corrected chi connectivity index (χ0v) is 15.1. The molecule has 2 unspecified atom stereocenters. The molecule has 0 radical (unpaired) electrons. The third-order valence-corrected chi connectivity index (χ3v) is 5.62. The third-order valence-electron chi connectivity index (χ3n) is 4.82. The minimum Gasteiger partial charge on any atom is -0.462 e. The van der Waals surface area contributed by atoms with Gasteiger partial charge >= 0.3 is 5.97 Å². The number of nitrogens with zero attached hydrogens (tertiary/aromatic N) is 5. The molecule has 3 aliphatic heterocycles. The molecular weight excluding hydrogens is 352 g/mol. The highest BCUT2D eigenvalue weighted by molar-refractivity contribution is 7.13. The lowest BCUT2D eigenvalue weighted by Crippen LogP contribution is -2.67. The van der Waals surface area contributed by atoms with Crippen molar-refractivity contribution < 1.29 is 9.53 Å². The fourth-order valence-corrected chi connectivity index (χ4v) is 4.29. The molecule has 9 heteroatoms. The van der Waals surface area contributed by atoms with E-state index in [4.69, 9.17) is 14.8 Å². The Balaban J connectivity index is 1.63. The van der Waals surface area contributed by atoms with Gasteiger partial charge in [0.15, 0.2) is 5.65 Å². The Morgan fingerprint density at radius 2 is 2.19 bits per heavy atom. The SMILES string of the molecule is CCOC(=O)c1ccc(-c2nccs2)n2nc(N3CC4CC(C3)N4)nc12. The zero-order valence-electron chi connectivity index (χ0n) is 14.3. The number of hydrogen-bond donors (Lipinski definition) is 1. The first kappa shape index (κ1) is 15.7. The highest BCUT2D eigenvalue weighted by Gasteiger charge is 2.38. The van der Waals surface area contributed by atoms with Crippen LogP contribution < -0.4 is 10.2 Å². The summed E-state index contributed by atoms with van der Waals surface area (Å²) in [7, 11) is 0. The lowest BCUT2D eigenvalue weighted by Gasteiger charge is -2.47. The number of esters is 1. The second-order valence-electron chi connectivity index (χ2n) is 6.54. The van der Waals surface area contributed by atoms with Gasteiger partial charge in [0.05, 0.1) is 6.61 Å². The Morgan fingerprint density at radius 1 is 1.38 bits per heavy atom. The van der Waals surface area contributed by atoms with Crippen LogP contribution in [-0.2, 0) is 4.74 Å². The van der Waals surface area contributed by atoms with Crippen LogP contribution in [0.3, 0.4) is 0 Å². The first-order chi connectivity index (χ1) is 12.7. The van der Waals surface area contributed by atoms with E-state index < -0.39 is 0 Å². The maximum Gasteiger partial charge on any atom is 0.341 e. The van der Waals surface area contributed by atoms with E-state index in [1.54, 1.807) is 23.7 Å². The number of piperidine rings is 1. The van der Waals surface area contributed by atoms with Crippen LogP contribution in [0.25, 0.3) is 16.3 Å². The van der Waals surface area contributed by atoms with Gasteiger partial charge in [-0.3, -0.25) is 0 Å². The molecular formula is C17H18N6O2S. The van der Waals surface area contributed by atoms with E-state index in [1.165, 1.54) is 17.8 Å². The molecule has 3 saturated heterocycles. The Hall–Kier alpha value is -2.52. The summed E-state index contributed by atoms with van der Waals surface area (Å²) in [5.41, 5.74) is 1.76. The standard InChI is InChI=1S/C17H18N6O2S/c1-2-25-16(24)12-3-4-13(15-18-5-6-26-15)23-14(12)20-17(21-23)22-8-10-7-11(9-22)19-10/h3-6,10-11,19H,2,7-9H2,1H3. The first-order valence-electron chi connectivity index (χ1n) is 8.70. The lowest BCUT2D eigenvalue weighted by molar-refractivity contribution is 0.0528. The number of thiazole rings is 1. The molecule has 2 bridgehead atoms. The monoisotopic (exact) mass is 370 g/mol. The molecule has 6 rings (SSSR count). The Morgan fingerprint density at radius 3 is 2.88 bits per heavy atom. The number of rotatable bonds is 4. The highest BCUT2D eigenvalue weighted by atomic mass is 32.1. The van der Waals surface area contributed by atoms with E-state index in [0.29, 0.717) is 35.8 Å². The molecule has 3 fully saturated rings. The summed E-state index contributed by atoms with van der Waals surface area (Å²) in [5, 5.41) is 11.0. The minimum absolute atomic E-state index is 0.321. The number of carbonyl (C=O) groups is 1. The lowest BCUT2D eigenvalue weighted by atomic mass is 9.92. The van der Waals surface area contributed by atoms with Crippen molar-refractivity contribution in [1.29, 1.82) is 0 Å². The Labute approximate surface area is 153 Å². The topological polar surface area (TPSA) is 84.6 Å². The summed E-state index contributed by atoms with van der Waals surface area (Å²) in [4.78, 5) is 23.6. The largest absolute Gasteiger partial charge is 0.462 e. The van der Waals surface area contributed by atoms with Crippen molar-refractivity contribution in [1.82, 2.24) is 24.9 Å². The second kappa shape index (κ2) is 6.03. The van der Waals surface area contributed by atoms with Crippen LogP contribution in [0.15, 0.2) is 23.7 Å². The number of pyridine rings is 1. The van der Waals surface area contributed by atoms with Crippen LogP contribution >= 0.6 is 11.3 Å². The highest BCUT2D eigenvalue weighted by Crippen LogP contribution is 2.28. The molecule has 0 amide bonds. The van der Waals surface area contributed by atoms with Gasteiger partial charge in [0.2, 0.25) is 5.95 Å². The molecule has 0 aromatic carbocycles. The van der Waals surface area contributed by atoms with Gasteiger partial charge in [0.1, 0.15) is 16.3 Å². The molecule has 6 heterocycles. The van der Waals surface area contributed by atoms with Crippen molar-refractivity contribution in [2.24, 2.45) is 0 Å². The number of piperazine rings is 1. The number of hydrogen-bond acceptors (Lipinski definition) is 8. The van der Waals surface area contributed by atoms with Crippen LogP contribution in [0.4, 0.5) is 5.95 Å². The fraction of sp³-hybridized carbons (Fsp3) is 0.412. The summed E-state index contributed by atoms with van der Waals surface area (Å²) in [6.07, 6.45) is 2.97. The number of ether oxygens (including phenoxy) is 1. The molecule has 0 saturated carbocycles. The molecule has 8 nitrogen and oxygen atoms in total. The minimum atomic E-state index is -0.384. The van der Waals surface area contributed by atoms with Gasteiger partial charge in [-0.25, -0.2) is 14.3 Å². The van der Waals surface area contributed by atoms with Crippen molar-refractivity contribution in [2.45, 2.75) is 25.4 Å². The van der Waals surface area contributed by atoms with Gasteiger partial charge in [0.25, 0.3) is 0 Å². The van der Waals surface area contributed by atoms with Crippen LogP contribution in [0.5, 0.6) is 0 Å². The van der Waals surface area contributed by atoms with Crippen LogP contribution in [-0.4, -0.2) is 57.3 Å². The molecule has 2 atom stereocenters. The smallest absolute Gasteiger partial charge is 0.341 e. The number of nitrogens with one attached hydrogen (secondary N) is 1. The van der Waals surface area contributed by atoms with E-state index in [-0.39, 0.29) is 5.97 Å². The van der Waals surface area contributed by atoms with E-state index in [9.17, 15) is 4.79 Å². The van der Waals surface area contributed by atoms with Gasteiger partial charge in [0, 0.05) is 36.8 Å². The molecule has 3 aliphatic rings. The van der Waals surface area contributed by atoms with Crippen molar-refractivity contribution in [3.05, 3.63) is 29.3 Å². The average Bonchev–Trinajstić information content (AvgIpc) is 3.30. The van der Waals surface area contributed by atoms with E-state index in [0.717, 1.165) is 23.8 Å². The average molecular weight is 370 g/mol. The number of carbonyl (C=O) groups excluding carboxylic acids is 1. The summed E-state index contributed by atoms with van der Waals surface area (Å²) >= 11 is 1.53. The van der Waals surface area contributed by atoms with Crippen molar-refractivity contribution in [3.8, 4) is 10.7 Å². The predicted molar refractivity (Wildman–Crippen MR) is 97.6 cm³/mol. The van der Waals surface area contributed by atoms with Gasteiger partial charge < -0.3 is 15.0 Å². The number of anilines is 1. The summed E-state index contributed by atoms with van der Waals surface area (Å²) in [6.45, 7) is 3.88. The normalized spacial score (nSPS) is 21.7. The van der Waals surface area contributed by atoms with Crippen LogP contribution in [0, 0.1) is 0 Å². The van der Waals surface area contributed by atoms with Gasteiger partial charge in [-0.2, -0.15) is 4.98 Å². The Kier molecular flexibility index (Phi) is 3.64. The third kappa shape index (κ3) is 2.46. The quantitative estimate of drug-likeness (QED) is 0.698. The van der Waals surface area contributed by atoms with Crippen molar-refractivity contribution >= 4 is 28.9 Å². The molecule has 134 valence electrons. The van der Waals surface area contributed by atoms with Gasteiger partial charge in [-0.1, -0.05) is 0 Å². The first-order valence-corrected chi connectivity index (χ1v) is 9.58. The van der Waals surface area contributed by atoms with E-state index in [2.05, 4.69) is 15.2 Å².